The average Bonchev–Trinajstić information content (AvgIpc) is 2.62. The van der Waals surface area contributed by atoms with Gasteiger partial charge in [-0.15, -0.1) is 0 Å². The maximum absolute atomic E-state index is 11.8. The first-order chi connectivity index (χ1) is 12.0. The Morgan fingerprint density at radius 2 is 2.00 bits per heavy atom. The molecule has 5 nitrogen and oxygen atoms in total. The Kier molecular flexibility index (Phi) is 6.46. The molecule has 2 aromatic rings. The van der Waals surface area contributed by atoms with Crippen molar-refractivity contribution in [3.63, 3.8) is 0 Å². The molecule has 0 unspecified atom stereocenters. The number of esters is 1. The maximum atomic E-state index is 11.8. The molecule has 25 heavy (non-hydrogen) atoms. The molecule has 0 bridgehead atoms. The van der Waals surface area contributed by atoms with Gasteiger partial charge in [0.2, 0.25) is 0 Å². The molecule has 2 rings (SSSR count). The van der Waals surface area contributed by atoms with Gasteiger partial charge in [-0.25, -0.2) is 4.79 Å². The van der Waals surface area contributed by atoms with Crippen LogP contribution in [0.15, 0.2) is 58.9 Å². The zero-order valence-electron chi connectivity index (χ0n) is 14.7. The number of carbonyl (C=O) groups excluding carboxylic acids is 1. The van der Waals surface area contributed by atoms with E-state index in [9.17, 15) is 9.90 Å². The third-order valence-electron chi connectivity index (χ3n) is 3.59. The van der Waals surface area contributed by atoms with Crippen molar-refractivity contribution < 1.29 is 14.6 Å². The van der Waals surface area contributed by atoms with Crippen LogP contribution in [0.5, 0.6) is 0 Å². The average molecular weight is 338 g/mol. The number of ether oxygens (including phenoxy) is 1. The van der Waals surface area contributed by atoms with E-state index in [4.69, 9.17) is 4.74 Å². The second kappa shape index (κ2) is 8.78. The number of benzene rings is 1. The minimum Gasteiger partial charge on any atom is -0.512 e. The van der Waals surface area contributed by atoms with Crippen LogP contribution in [-0.2, 0) is 16.0 Å². The number of aliphatic hydroxyl groups is 1. The number of carbonyl (C=O) groups is 1. The Hall–Kier alpha value is -2.95. The van der Waals surface area contributed by atoms with Gasteiger partial charge in [0.05, 0.1) is 12.3 Å². The van der Waals surface area contributed by atoms with E-state index in [2.05, 4.69) is 16.9 Å². The molecule has 1 heterocycles. The quantitative estimate of drug-likeness (QED) is 0.366. The van der Waals surface area contributed by atoms with E-state index in [-0.39, 0.29) is 17.9 Å². The molecule has 0 amide bonds. The molecule has 0 spiro atoms. The Bertz CT molecular complexity index is 806. The van der Waals surface area contributed by atoms with Crippen molar-refractivity contribution in [1.82, 2.24) is 4.98 Å². The molecule has 0 saturated carbocycles. The van der Waals surface area contributed by atoms with E-state index < -0.39 is 5.97 Å². The molecular weight excluding hydrogens is 316 g/mol. The van der Waals surface area contributed by atoms with Gasteiger partial charge >= 0.3 is 5.97 Å². The molecule has 1 N–H and O–H groups in total. The van der Waals surface area contributed by atoms with Gasteiger partial charge in [-0.3, -0.25) is 9.98 Å². The Morgan fingerprint density at radius 1 is 1.24 bits per heavy atom. The summed E-state index contributed by atoms with van der Waals surface area (Å²) in [5.74, 6) is -0.718. The highest BCUT2D eigenvalue weighted by atomic mass is 16.5. The lowest BCUT2D eigenvalue weighted by Crippen LogP contribution is -2.10. The molecule has 0 aliphatic carbocycles. The summed E-state index contributed by atoms with van der Waals surface area (Å²) >= 11 is 0. The number of nitrogens with zero attached hydrogens (tertiary/aromatic N) is 2. The van der Waals surface area contributed by atoms with Crippen LogP contribution in [0.2, 0.25) is 0 Å². The Morgan fingerprint density at radius 3 is 2.68 bits per heavy atom. The van der Waals surface area contributed by atoms with Crippen molar-refractivity contribution in [3.8, 4) is 11.1 Å². The van der Waals surface area contributed by atoms with Gasteiger partial charge in [0.15, 0.2) is 0 Å². The maximum Gasteiger partial charge on any atom is 0.343 e. The first-order valence-electron chi connectivity index (χ1n) is 8.21. The molecule has 0 aliphatic rings. The van der Waals surface area contributed by atoms with E-state index in [1.54, 1.807) is 13.1 Å². The molecule has 130 valence electrons. The fourth-order valence-electron chi connectivity index (χ4n) is 2.26. The van der Waals surface area contributed by atoms with E-state index in [0.29, 0.717) is 5.69 Å². The zero-order valence-corrected chi connectivity index (χ0v) is 14.7. The van der Waals surface area contributed by atoms with Crippen LogP contribution in [0.4, 0.5) is 5.69 Å². The van der Waals surface area contributed by atoms with Crippen molar-refractivity contribution in [3.05, 3.63) is 59.6 Å². The normalized spacial score (nSPS) is 12.1. The first-order valence-corrected chi connectivity index (χ1v) is 8.21. The summed E-state index contributed by atoms with van der Waals surface area (Å²) in [7, 11) is 0. The van der Waals surface area contributed by atoms with Crippen LogP contribution in [0.25, 0.3) is 11.1 Å². The van der Waals surface area contributed by atoms with Gasteiger partial charge in [0, 0.05) is 18.1 Å². The SMILES string of the molecule is CCOC(=O)C(C=Nc1cccc(-c2ccnc(CC)c2)c1)=C(C)O. The predicted octanol–water partition coefficient (Wildman–Crippen LogP) is 4.41. The topological polar surface area (TPSA) is 71.8 Å². The molecule has 0 saturated heterocycles. The summed E-state index contributed by atoms with van der Waals surface area (Å²) in [5, 5.41) is 9.66. The van der Waals surface area contributed by atoms with E-state index in [1.165, 1.54) is 13.1 Å². The van der Waals surface area contributed by atoms with Crippen molar-refractivity contribution in [2.24, 2.45) is 4.99 Å². The largest absolute Gasteiger partial charge is 0.512 e. The van der Waals surface area contributed by atoms with Crippen LogP contribution in [0.1, 0.15) is 26.5 Å². The summed E-state index contributed by atoms with van der Waals surface area (Å²) in [6.07, 6.45) is 3.99. The Balaban J connectivity index is 2.29. The number of hydrogen-bond acceptors (Lipinski definition) is 5. The number of rotatable bonds is 6. The number of aliphatic hydroxyl groups excluding tert-OH is 1. The van der Waals surface area contributed by atoms with Crippen LogP contribution in [0, 0.1) is 0 Å². The molecule has 5 heteroatoms. The van der Waals surface area contributed by atoms with Gasteiger partial charge in [-0.05, 0) is 55.7 Å². The van der Waals surface area contributed by atoms with E-state index in [0.717, 1.165) is 23.2 Å². The summed E-state index contributed by atoms with van der Waals surface area (Å²) in [6, 6.07) is 11.6. The lowest BCUT2D eigenvalue weighted by Gasteiger charge is -2.05. The molecule has 1 aromatic heterocycles. The lowest BCUT2D eigenvalue weighted by molar-refractivity contribution is -0.138. The minimum atomic E-state index is -0.593. The highest BCUT2D eigenvalue weighted by molar-refractivity contribution is 6.10. The van der Waals surface area contributed by atoms with Crippen molar-refractivity contribution in [2.45, 2.75) is 27.2 Å². The smallest absolute Gasteiger partial charge is 0.343 e. The zero-order chi connectivity index (χ0) is 18.2. The number of allylic oxidation sites excluding steroid dienone is 1. The summed E-state index contributed by atoms with van der Waals surface area (Å²) in [4.78, 5) is 20.4. The molecular formula is C20H22N2O3. The molecule has 0 atom stereocenters. The molecule has 0 radical (unpaired) electrons. The fraction of sp³-hybridized carbons (Fsp3) is 0.250. The second-order valence-electron chi connectivity index (χ2n) is 5.42. The van der Waals surface area contributed by atoms with Crippen molar-refractivity contribution in [2.75, 3.05) is 6.61 Å². The number of aromatic nitrogens is 1. The number of aryl methyl sites for hydroxylation is 1. The lowest BCUT2D eigenvalue weighted by atomic mass is 10.0. The predicted molar refractivity (Wildman–Crippen MR) is 99.2 cm³/mol. The molecule has 1 aromatic carbocycles. The van der Waals surface area contributed by atoms with Crippen molar-refractivity contribution >= 4 is 17.9 Å². The fourth-order valence-corrected chi connectivity index (χ4v) is 2.26. The first kappa shape index (κ1) is 18.4. The Labute approximate surface area is 147 Å². The van der Waals surface area contributed by atoms with Gasteiger partial charge in [0.25, 0.3) is 0 Å². The monoisotopic (exact) mass is 338 g/mol. The third kappa shape index (κ3) is 5.01. The van der Waals surface area contributed by atoms with Crippen LogP contribution in [-0.4, -0.2) is 28.9 Å². The summed E-state index contributed by atoms with van der Waals surface area (Å²) in [5.41, 5.74) is 3.81. The van der Waals surface area contributed by atoms with Gasteiger partial charge < -0.3 is 9.84 Å². The van der Waals surface area contributed by atoms with Crippen LogP contribution >= 0.6 is 0 Å². The summed E-state index contributed by atoms with van der Waals surface area (Å²) < 4.78 is 4.92. The van der Waals surface area contributed by atoms with E-state index >= 15 is 0 Å². The molecule has 0 fully saturated rings. The third-order valence-corrected chi connectivity index (χ3v) is 3.59. The summed E-state index contributed by atoms with van der Waals surface area (Å²) in [6.45, 7) is 5.44. The molecule has 0 aliphatic heterocycles. The minimum absolute atomic E-state index is 0.0458. The highest BCUT2D eigenvalue weighted by Gasteiger charge is 2.11. The number of aliphatic imine (C=N–C) groups is 1. The second-order valence-corrected chi connectivity index (χ2v) is 5.42. The number of hydrogen-bond donors (Lipinski definition) is 1. The van der Waals surface area contributed by atoms with Crippen molar-refractivity contribution in [1.29, 1.82) is 0 Å². The van der Waals surface area contributed by atoms with Gasteiger partial charge in [-0.2, -0.15) is 0 Å². The van der Waals surface area contributed by atoms with Gasteiger partial charge in [0.1, 0.15) is 11.3 Å². The number of pyridine rings is 1. The van der Waals surface area contributed by atoms with E-state index in [1.807, 2.05) is 36.4 Å². The van der Waals surface area contributed by atoms with Crippen LogP contribution < -0.4 is 0 Å². The van der Waals surface area contributed by atoms with Gasteiger partial charge in [-0.1, -0.05) is 19.1 Å². The standard InChI is InChI=1S/C20H22N2O3/c1-4-17-11-16(9-10-21-17)15-7-6-8-18(12-15)22-13-19(14(3)23)20(24)25-5-2/h6-13,23H,4-5H2,1-3H3. The van der Waals surface area contributed by atoms with Crippen LogP contribution in [0.3, 0.4) is 0 Å². The highest BCUT2D eigenvalue weighted by Crippen LogP contribution is 2.24.